The first-order chi connectivity index (χ1) is 16.1. The fourth-order valence-corrected chi connectivity index (χ4v) is 5.80. The van der Waals surface area contributed by atoms with Gasteiger partial charge in [0.2, 0.25) is 0 Å². The molecule has 2 aromatic carbocycles. The minimum Gasteiger partial charge on any atom is -0.497 e. The van der Waals surface area contributed by atoms with Gasteiger partial charge in [-0.05, 0) is 56.2 Å². The summed E-state index contributed by atoms with van der Waals surface area (Å²) < 4.78 is 60.3. The van der Waals surface area contributed by atoms with Crippen LogP contribution in [0.5, 0.6) is 5.75 Å². The number of benzene rings is 2. The van der Waals surface area contributed by atoms with Gasteiger partial charge in [0.15, 0.2) is 11.5 Å². The third-order valence-corrected chi connectivity index (χ3v) is 8.59. The molecule has 1 N–H and O–H groups in total. The van der Waals surface area contributed by atoms with Crippen molar-refractivity contribution < 1.29 is 21.6 Å². The van der Waals surface area contributed by atoms with Crippen molar-refractivity contribution in [1.29, 1.82) is 0 Å². The number of methoxy groups -OCH3 is 1. The molecule has 3 aromatic rings. The third kappa shape index (κ3) is 4.76. The zero-order valence-electron chi connectivity index (χ0n) is 18.5. The van der Waals surface area contributed by atoms with E-state index in [0.29, 0.717) is 23.0 Å². The number of nitrogens with one attached hydrogen (secondary N) is 1. The van der Waals surface area contributed by atoms with Gasteiger partial charge < -0.3 is 9.64 Å². The number of thiocarbonyl (C=S) groups is 1. The summed E-state index contributed by atoms with van der Waals surface area (Å²) in [4.78, 5) is 2.00. The van der Waals surface area contributed by atoms with Crippen molar-refractivity contribution in [2.45, 2.75) is 29.6 Å². The molecule has 180 valence electrons. The maximum absolute atomic E-state index is 13.2. The molecule has 10 nitrogen and oxygen atoms in total. The molecule has 1 aliphatic heterocycles. The lowest BCUT2D eigenvalue weighted by atomic mass is 10.2. The van der Waals surface area contributed by atoms with Crippen molar-refractivity contribution in [3.63, 3.8) is 0 Å². The van der Waals surface area contributed by atoms with Crippen molar-refractivity contribution >= 4 is 43.1 Å². The number of rotatable bonds is 7. The molecule has 34 heavy (non-hydrogen) atoms. The van der Waals surface area contributed by atoms with Crippen LogP contribution in [0.3, 0.4) is 0 Å². The molecular weight excluding hydrogens is 498 g/mol. The predicted octanol–water partition coefficient (Wildman–Crippen LogP) is 2.40. The van der Waals surface area contributed by atoms with Crippen LogP contribution in [0.2, 0.25) is 0 Å². The lowest BCUT2D eigenvalue weighted by Crippen LogP contribution is -2.28. The minimum atomic E-state index is -4.22. The number of aryl methyl sites for hydroxylation is 1. The van der Waals surface area contributed by atoms with Crippen LogP contribution in [0.25, 0.3) is 0 Å². The van der Waals surface area contributed by atoms with Crippen LogP contribution in [0.1, 0.15) is 24.1 Å². The van der Waals surface area contributed by atoms with E-state index in [1.807, 2.05) is 11.8 Å². The van der Waals surface area contributed by atoms with Gasteiger partial charge in [0.05, 0.1) is 16.9 Å². The summed E-state index contributed by atoms with van der Waals surface area (Å²) in [6, 6.07) is 11.9. The van der Waals surface area contributed by atoms with E-state index in [4.69, 9.17) is 17.0 Å². The van der Waals surface area contributed by atoms with Crippen molar-refractivity contribution in [2.24, 2.45) is 0 Å². The van der Waals surface area contributed by atoms with E-state index in [1.54, 1.807) is 12.1 Å². The largest absolute Gasteiger partial charge is 0.497 e. The number of hydrogen-bond acceptors (Lipinski definition) is 8. The molecule has 0 aliphatic carbocycles. The Morgan fingerprint density at radius 3 is 2.12 bits per heavy atom. The Morgan fingerprint density at radius 2 is 1.53 bits per heavy atom. The van der Waals surface area contributed by atoms with Crippen LogP contribution in [-0.4, -0.2) is 61.3 Å². The van der Waals surface area contributed by atoms with Gasteiger partial charge in [-0.2, -0.15) is 8.42 Å². The summed E-state index contributed by atoms with van der Waals surface area (Å²) in [6.45, 7) is 3.17. The van der Waals surface area contributed by atoms with Crippen LogP contribution < -0.4 is 9.46 Å². The number of nitrogens with zero attached hydrogens (tertiary/aromatic N) is 4. The Bertz CT molecular complexity index is 1410. The van der Waals surface area contributed by atoms with Gasteiger partial charge in [-0.3, -0.25) is 4.72 Å². The molecule has 0 unspecified atom stereocenters. The smallest absolute Gasteiger partial charge is 0.299 e. The SMILES string of the molecule is COc1ccc(S(=O)(=O)n2nc(NS(=O)(=O)c3ccc(C)cc3)c(C(=S)N3CCCC3)n2)cc1. The number of ether oxygens (including phenoxy) is 1. The van der Waals surface area contributed by atoms with E-state index in [9.17, 15) is 16.8 Å². The van der Waals surface area contributed by atoms with Crippen LogP contribution in [-0.2, 0) is 20.0 Å². The molecule has 0 saturated carbocycles. The molecule has 2 heterocycles. The fraction of sp³-hybridized carbons (Fsp3) is 0.286. The monoisotopic (exact) mass is 521 g/mol. The first-order valence-corrected chi connectivity index (χ1v) is 13.7. The van der Waals surface area contributed by atoms with Gasteiger partial charge in [-0.1, -0.05) is 34.1 Å². The van der Waals surface area contributed by atoms with E-state index < -0.39 is 20.0 Å². The van der Waals surface area contributed by atoms with Crippen molar-refractivity contribution in [1.82, 2.24) is 19.3 Å². The maximum atomic E-state index is 13.2. The molecule has 0 radical (unpaired) electrons. The third-order valence-electron chi connectivity index (χ3n) is 5.33. The molecule has 1 aliphatic rings. The highest BCUT2D eigenvalue weighted by Crippen LogP contribution is 2.24. The predicted molar refractivity (Wildman–Crippen MR) is 130 cm³/mol. The minimum absolute atomic E-state index is 0.00343. The standard InChI is InChI=1S/C21H23N5O5S3/c1-15-5-9-17(10-6-15)33(27,28)24-20-19(21(32)25-13-3-4-14-25)22-26(23-20)34(29,30)18-11-7-16(31-2)8-12-18/h5-12H,3-4,13-14H2,1-2H3,(H,23,24). The second-order valence-corrected chi connectivity index (χ2v) is 11.5. The summed E-state index contributed by atoms with van der Waals surface area (Å²) >= 11 is 5.54. The molecule has 0 amide bonds. The summed E-state index contributed by atoms with van der Waals surface area (Å²) in [5, 5.41) is 8.12. The number of hydrogen-bond donors (Lipinski definition) is 1. The van der Waals surface area contributed by atoms with Gasteiger partial charge >= 0.3 is 0 Å². The Balaban J connectivity index is 1.76. The number of sulfonamides is 1. The zero-order chi connectivity index (χ0) is 24.5. The highest BCUT2D eigenvalue weighted by atomic mass is 32.2. The molecule has 1 aromatic heterocycles. The molecule has 0 bridgehead atoms. The molecule has 13 heteroatoms. The quantitative estimate of drug-likeness (QED) is 0.467. The second kappa shape index (κ2) is 9.31. The van der Waals surface area contributed by atoms with Gasteiger partial charge in [0.25, 0.3) is 20.0 Å². The maximum Gasteiger partial charge on any atom is 0.299 e. The normalized spacial score (nSPS) is 14.2. The number of aromatic nitrogens is 3. The van der Waals surface area contributed by atoms with Crippen LogP contribution in [0.15, 0.2) is 58.3 Å². The van der Waals surface area contributed by atoms with Crippen LogP contribution >= 0.6 is 12.2 Å². The molecule has 0 spiro atoms. The highest BCUT2D eigenvalue weighted by Gasteiger charge is 2.30. The van der Waals surface area contributed by atoms with Crippen LogP contribution in [0.4, 0.5) is 5.82 Å². The number of anilines is 1. The van der Waals surface area contributed by atoms with E-state index >= 15 is 0 Å². The lowest BCUT2D eigenvalue weighted by Gasteiger charge is -2.17. The highest BCUT2D eigenvalue weighted by molar-refractivity contribution is 7.92. The summed E-state index contributed by atoms with van der Waals surface area (Å²) in [5.74, 6) is 0.226. The van der Waals surface area contributed by atoms with Gasteiger partial charge in [-0.25, -0.2) is 8.42 Å². The van der Waals surface area contributed by atoms with Crippen molar-refractivity contribution in [3.8, 4) is 5.75 Å². The Morgan fingerprint density at radius 1 is 0.941 bits per heavy atom. The Kier molecular flexibility index (Phi) is 6.60. The van der Waals surface area contributed by atoms with Crippen molar-refractivity contribution in [3.05, 3.63) is 59.8 Å². The fourth-order valence-electron chi connectivity index (χ4n) is 3.42. The molecular formula is C21H23N5O5S3. The zero-order valence-corrected chi connectivity index (χ0v) is 21.0. The number of likely N-dealkylation sites (tertiary alicyclic amines) is 1. The first kappa shape index (κ1) is 24.1. The van der Waals surface area contributed by atoms with E-state index in [0.717, 1.165) is 18.4 Å². The summed E-state index contributed by atoms with van der Waals surface area (Å²) in [5.41, 5.74) is 0.871. The van der Waals surface area contributed by atoms with E-state index in [1.165, 1.54) is 43.5 Å². The van der Waals surface area contributed by atoms with Crippen molar-refractivity contribution in [2.75, 3.05) is 24.9 Å². The van der Waals surface area contributed by atoms with E-state index in [2.05, 4.69) is 14.9 Å². The van der Waals surface area contributed by atoms with E-state index in [-0.39, 0.29) is 26.3 Å². The van der Waals surface area contributed by atoms with Crippen LogP contribution in [0, 0.1) is 6.92 Å². The summed E-state index contributed by atoms with van der Waals surface area (Å²) in [6.07, 6.45) is 1.84. The average Bonchev–Trinajstić information content (AvgIpc) is 3.49. The molecule has 1 saturated heterocycles. The van der Waals surface area contributed by atoms with Gasteiger partial charge in [0.1, 0.15) is 10.7 Å². The second-order valence-electron chi connectivity index (χ2n) is 7.72. The molecule has 0 atom stereocenters. The average molecular weight is 522 g/mol. The van der Waals surface area contributed by atoms with Gasteiger partial charge in [-0.15, -0.1) is 10.2 Å². The summed E-state index contributed by atoms with van der Waals surface area (Å²) in [7, 11) is -6.82. The lowest BCUT2D eigenvalue weighted by molar-refractivity contribution is 0.414. The van der Waals surface area contributed by atoms with Gasteiger partial charge in [0, 0.05) is 13.1 Å². The first-order valence-electron chi connectivity index (χ1n) is 10.4. The Labute approximate surface area is 203 Å². The molecule has 1 fully saturated rings. The Hall–Kier alpha value is -3.03. The topological polar surface area (TPSA) is 123 Å². The molecule has 4 rings (SSSR count).